The predicted octanol–water partition coefficient (Wildman–Crippen LogP) is -1.31. The van der Waals surface area contributed by atoms with Crippen LogP contribution < -0.4 is 51.4 Å². The van der Waals surface area contributed by atoms with Crippen LogP contribution in [-0.2, 0) is 32.7 Å². The second kappa shape index (κ2) is 29.3. The van der Waals surface area contributed by atoms with E-state index in [9.17, 15) is 0 Å². The largest absolute Gasteiger partial charge is 1.00 e. The topological polar surface area (TPSA) is 20.2 Å². The molecule has 0 spiro atoms. The molecule has 0 aromatic rings. The van der Waals surface area contributed by atoms with Crippen LogP contribution in [0.25, 0.3) is 0 Å². The van der Waals surface area contributed by atoms with Crippen LogP contribution in [0.15, 0.2) is 0 Å². The fourth-order valence-electron chi connectivity index (χ4n) is 0.341. The van der Waals surface area contributed by atoms with E-state index in [0.29, 0.717) is 0 Å². The van der Waals surface area contributed by atoms with Crippen molar-refractivity contribution in [2.75, 3.05) is 0 Å². The minimum absolute atomic E-state index is 0. The summed E-state index contributed by atoms with van der Waals surface area (Å²) in [6.07, 6.45) is 2.58. The molecule has 0 heterocycles. The van der Waals surface area contributed by atoms with E-state index in [-0.39, 0.29) is 113 Å². The van der Waals surface area contributed by atoms with Gasteiger partial charge < -0.3 is 19.0 Å². The fraction of sp³-hybridized carbons (Fsp3) is 0.714. The smallest absolute Gasteiger partial charge is 0.425 e. The first-order chi connectivity index (χ1) is 2.77. The molecule has 0 saturated heterocycles. The third kappa shape index (κ3) is 44.5. The Balaban J connectivity index is -0.0000000125. The molecule has 0 aliphatic rings. The van der Waals surface area contributed by atoms with Crippen LogP contribution in [0.4, 0.5) is 0 Å². The summed E-state index contributed by atoms with van der Waals surface area (Å²) >= 11 is 0. The Kier molecular flexibility index (Phi) is 99.1. The summed E-state index contributed by atoms with van der Waals surface area (Å²) in [6.45, 7) is 3.76. The maximum absolute atomic E-state index is 8.50. The van der Waals surface area contributed by atoms with Gasteiger partial charge in [0, 0.05) is 41.1 Å². The summed E-state index contributed by atoms with van der Waals surface area (Å²) in [5, 5.41) is 8.50. The maximum Gasteiger partial charge on any atom is 1.00 e. The molecular formula is C7H18BKOY-. The normalized spacial score (nSPS) is 7.91. The molecule has 4 radical (unpaired) electrons. The van der Waals surface area contributed by atoms with E-state index in [0.717, 1.165) is 6.42 Å². The molecule has 1 N–H and O–H groups in total. The molecule has 4 heteroatoms. The van der Waals surface area contributed by atoms with Crippen LogP contribution in [0.1, 0.15) is 27.7 Å². The van der Waals surface area contributed by atoms with Gasteiger partial charge in [-0.25, -0.2) is 0 Å². The van der Waals surface area contributed by atoms with Gasteiger partial charge in [0.05, 0.1) is 0 Å². The molecular weight excluding hydrogens is 239 g/mol. The second-order valence-corrected chi connectivity index (χ2v) is 1.38. The average molecular weight is 257 g/mol. The van der Waals surface area contributed by atoms with Gasteiger partial charge in [-0.3, -0.25) is 0 Å². The first kappa shape index (κ1) is 37.2. The molecule has 11 heavy (non-hydrogen) atoms. The molecule has 0 aromatic carbocycles. The van der Waals surface area contributed by atoms with Crippen LogP contribution in [0.3, 0.4) is 0 Å². The van der Waals surface area contributed by atoms with Crippen LogP contribution in [-0.4, -0.2) is 19.6 Å². The Hall–Kier alpha value is 2.77. The van der Waals surface area contributed by atoms with Gasteiger partial charge in [-0.1, -0.05) is 27.4 Å². The van der Waals surface area contributed by atoms with E-state index in [1.165, 1.54) is 0 Å². The average Bonchev–Trinajstić information content (AvgIpc) is 1.35. The van der Waals surface area contributed by atoms with E-state index < -0.39 is 0 Å². The molecule has 0 saturated carbocycles. The molecule has 0 aliphatic carbocycles. The van der Waals surface area contributed by atoms with Gasteiger partial charge in [-0.15, -0.1) is 0 Å². The fourth-order valence-corrected chi connectivity index (χ4v) is 0.341. The number of aliphatic hydroxyl groups excluding tert-OH is 1. The van der Waals surface area contributed by atoms with Gasteiger partial charge in [-0.05, 0) is 0 Å². The van der Waals surface area contributed by atoms with E-state index in [1.807, 2.05) is 13.3 Å². The van der Waals surface area contributed by atoms with E-state index in [2.05, 4.69) is 0 Å². The van der Waals surface area contributed by atoms with Crippen LogP contribution in [0.5, 0.6) is 0 Å². The SMILES string of the molecule is C.CC[CH-]C(C)O.[B].[CH3-].[K+].[Y]. The second-order valence-electron chi connectivity index (χ2n) is 1.38. The van der Waals surface area contributed by atoms with Crippen molar-refractivity contribution in [1.82, 2.24) is 0 Å². The van der Waals surface area contributed by atoms with Gasteiger partial charge >= 0.3 is 51.4 Å². The minimum atomic E-state index is -0.227. The summed E-state index contributed by atoms with van der Waals surface area (Å²) in [7, 11) is 0. The van der Waals surface area contributed by atoms with E-state index in [4.69, 9.17) is 5.11 Å². The summed E-state index contributed by atoms with van der Waals surface area (Å²) < 4.78 is 0. The molecule has 0 bridgehead atoms. The molecule has 0 rings (SSSR count). The Morgan fingerprint density at radius 2 is 1.73 bits per heavy atom. The van der Waals surface area contributed by atoms with Crippen molar-refractivity contribution < 1.29 is 89.2 Å². The Morgan fingerprint density at radius 1 is 1.45 bits per heavy atom. The van der Waals surface area contributed by atoms with Crippen molar-refractivity contribution in [3.8, 4) is 0 Å². The maximum atomic E-state index is 8.50. The number of rotatable bonds is 2. The minimum Gasteiger partial charge on any atom is -0.425 e. The molecule has 0 aromatic heterocycles. The molecule has 0 aliphatic heterocycles. The van der Waals surface area contributed by atoms with Crippen molar-refractivity contribution in [3.05, 3.63) is 13.8 Å². The number of aliphatic hydroxyl groups is 1. The van der Waals surface area contributed by atoms with Crippen molar-refractivity contribution in [1.29, 1.82) is 0 Å². The zero-order valence-electron chi connectivity index (χ0n) is 7.46. The monoisotopic (exact) mass is 257 g/mol. The van der Waals surface area contributed by atoms with E-state index in [1.54, 1.807) is 6.92 Å². The zero-order valence-corrected chi connectivity index (χ0v) is 13.4. The summed E-state index contributed by atoms with van der Waals surface area (Å²) in [5.41, 5.74) is 0. The zero-order chi connectivity index (χ0) is 4.99. The van der Waals surface area contributed by atoms with Gasteiger partial charge in [0.2, 0.25) is 0 Å². The van der Waals surface area contributed by atoms with Crippen LogP contribution in [0, 0.1) is 13.8 Å². The van der Waals surface area contributed by atoms with Crippen molar-refractivity contribution in [2.24, 2.45) is 0 Å². The quantitative estimate of drug-likeness (QED) is 0.481. The van der Waals surface area contributed by atoms with E-state index >= 15 is 0 Å². The number of hydrogen-bond acceptors (Lipinski definition) is 1. The van der Waals surface area contributed by atoms with Crippen LogP contribution >= 0.6 is 0 Å². The van der Waals surface area contributed by atoms with Crippen molar-refractivity contribution in [2.45, 2.75) is 33.8 Å². The molecule has 0 amide bonds. The Bertz CT molecular complexity index is 39.6. The first-order valence-electron chi connectivity index (χ1n) is 2.28. The molecule has 1 atom stereocenters. The summed E-state index contributed by atoms with van der Waals surface area (Å²) in [4.78, 5) is 0. The number of hydrogen-bond donors (Lipinski definition) is 1. The van der Waals surface area contributed by atoms with Crippen molar-refractivity contribution in [3.63, 3.8) is 0 Å². The molecule has 1 unspecified atom stereocenters. The van der Waals surface area contributed by atoms with Crippen LogP contribution in [0.2, 0.25) is 0 Å². The third-order valence-electron chi connectivity index (χ3n) is 0.577. The van der Waals surface area contributed by atoms with Gasteiger partial charge in [0.25, 0.3) is 0 Å². The molecule has 1 nitrogen and oxygen atoms in total. The summed E-state index contributed by atoms with van der Waals surface area (Å²) in [6, 6.07) is 0. The van der Waals surface area contributed by atoms with Gasteiger partial charge in [0.1, 0.15) is 0 Å². The molecule has 0 fully saturated rings. The predicted molar refractivity (Wildman–Crippen MR) is 45.2 cm³/mol. The standard InChI is InChI=1S/C5H11O.CH4.CH3.B.K.Y/c1-3-4-5(2)6;;;;;/h4-6H,3H2,1-2H3;1H4;1H3;;;/q-1;;-1;;+1;. The van der Waals surface area contributed by atoms with Gasteiger partial charge in [0.15, 0.2) is 0 Å². The molecule has 60 valence electrons. The Labute approximate surface area is 142 Å². The Morgan fingerprint density at radius 3 is 1.73 bits per heavy atom. The summed E-state index contributed by atoms with van der Waals surface area (Å²) in [5.74, 6) is 0. The first-order valence-corrected chi connectivity index (χ1v) is 2.28. The third-order valence-corrected chi connectivity index (χ3v) is 0.577. The van der Waals surface area contributed by atoms with Gasteiger partial charge in [-0.2, -0.15) is 6.42 Å². The van der Waals surface area contributed by atoms with Crippen molar-refractivity contribution >= 4 is 8.41 Å².